The van der Waals surface area contributed by atoms with Crippen LogP contribution in [0.25, 0.3) is 0 Å². The molecule has 2 aliphatic carbocycles. The molecule has 0 bridgehead atoms. The van der Waals surface area contributed by atoms with Crippen LogP contribution in [0.5, 0.6) is 0 Å². The molecule has 1 saturated heterocycles. The number of hydrogen-bond acceptors (Lipinski definition) is 2. The van der Waals surface area contributed by atoms with E-state index in [9.17, 15) is 5.11 Å². The number of fused-ring (bicyclic) bond motifs is 1. The fraction of sp³-hybridized carbons (Fsp3) is 1.00. The molecule has 1 aliphatic heterocycles. The van der Waals surface area contributed by atoms with Gasteiger partial charge in [-0.2, -0.15) is 0 Å². The lowest BCUT2D eigenvalue weighted by molar-refractivity contribution is -0.0458. The third-order valence-corrected chi connectivity index (χ3v) is 6.11. The number of aliphatic hydroxyl groups is 1. The van der Waals surface area contributed by atoms with E-state index in [4.69, 9.17) is 0 Å². The van der Waals surface area contributed by atoms with Gasteiger partial charge in [-0.15, -0.1) is 0 Å². The quantitative estimate of drug-likeness (QED) is 0.785. The molecule has 4 atom stereocenters. The second kappa shape index (κ2) is 5.37. The van der Waals surface area contributed by atoms with Crippen molar-refractivity contribution in [3.05, 3.63) is 0 Å². The van der Waals surface area contributed by atoms with Gasteiger partial charge in [-0.1, -0.05) is 33.1 Å². The van der Waals surface area contributed by atoms with Gasteiger partial charge in [0, 0.05) is 12.6 Å². The summed E-state index contributed by atoms with van der Waals surface area (Å²) in [7, 11) is 0. The maximum absolute atomic E-state index is 10.4. The van der Waals surface area contributed by atoms with Crippen molar-refractivity contribution in [2.24, 2.45) is 17.3 Å². The molecule has 1 heterocycles. The summed E-state index contributed by atoms with van der Waals surface area (Å²) in [4.78, 5) is 2.65. The summed E-state index contributed by atoms with van der Waals surface area (Å²) in [5, 5.41) is 10.4. The molecule has 0 spiro atoms. The lowest BCUT2D eigenvalue weighted by Crippen LogP contribution is -2.54. The number of rotatable bonds is 1. The van der Waals surface area contributed by atoms with E-state index < -0.39 is 0 Å². The van der Waals surface area contributed by atoms with Gasteiger partial charge in [0.15, 0.2) is 0 Å². The molecule has 110 valence electrons. The number of aliphatic hydroxyl groups excluding tert-OH is 1. The van der Waals surface area contributed by atoms with Crippen LogP contribution in [0, 0.1) is 17.3 Å². The lowest BCUT2D eigenvalue weighted by atomic mass is 9.71. The highest BCUT2D eigenvalue weighted by Gasteiger charge is 2.40. The molecule has 3 fully saturated rings. The topological polar surface area (TPSA) is 23.5 Å². The molecule has 2 saturated carbocycles. The van der Waals surface area contributed by atoms with Crippen LogP contribution in [0.4, 0.5) is 0 Å². The van der Waals surface area contributed by atoms with Gasteiger partial charge in [0.05, 0.1) is 6.10 Å². The number of piperidine rings is 1. The molecule has 0 amide bonds. The molecule has 0 aromatic rings. The van der Waals surface area contributed by atoms with Gasteiger partial charge < -0.3 is 5.11 Å². The average Bonchev–Trinajstić information content (AvgIpc) is 2.41. The van der Waals surface area contributed by atoms with Gasteiger partial charge in [0.1, 0.15) is 0 Å². The largest absolute Gasteiger partial charge is 0.391 e. The van der Waals surface area contributed by atoms with Crippen LogP contribution in [0.2, 0.25) is 0 Å². The Labute approximate surface area is 118 Å². The zero-order valence-electron chi connectivity index (χ0n) is 12.8. The Morgan fingerprint density at radius 1 is 1.00 bits per heavy atom. The maximum atomic E-state index is 10.4. The molecule has 0 radical (unpaired) electrons. The van der Waals surface area contributed by atoms with E-state index in [0.717, 1.165) is 18.3 Å². The van der Waals surface area contributed by atoms with Crippen molar-refractivity contribution in [1.29, 1.82) is 0 Å². The first-order valence-corrected chi connectivity index (χ1v) is 8.47. The summed E-state index contributed by atoms with van der Waals surface area (Å²) in [6, 6.07) is 0.437. The van der Waals surface area contributed by atoms with E-state index in [1.807, 2.05) is 0 Å². The highest BCUT2D eigenvalue weighted by molar-refractivity contribution is 4.94. The van der Waals surface area contributed by atoms with Crippen LogP contribution in [-0.2, 0) is 0 Å². The molecule has 3 aliphatic rings. The van der Waals surface area contributed by atoms with Gasteiger partial charge in [0.2, 0.25) is 0 Å². The summed E-state index contributed by atoms with van der Waals surface area (Å²) < 4.78 is 0. The van der Waals surface area contributed by atoms with E-state index in [-0.39, 0.29) is 6.10 Å². The van der Waals surface area contributed by atoms with Crippen LogP contribution in [0.1, 0.15) is 65.2 Å². The Hall–Kier alpha value is -0.0800. The predicted octanol–water partition coefficient (Wildman–Crippen LogP) is 3.44. The fourth-order valence-corrected chi connectivity index (χ4v) is 4.84. The number of hydrogen-bond donors (Lipinski definition) is 1. The molecule has 2 heteroatoms. The van der Waals surface area contributed by atoms with Crippen molar-refractivity contribution in [2.75, 3.05) is 13.1 Å². The summed E-state index contributed by atoms with van der Waals surface area (Å²) in [5.41, 5.74) is 0.424. The zero-order valence-corrected chi connectivity index (χ0v) is 12.8. The minimum absolute atomic E-state index is 0.0758. The molecule has 1 N–H and O–H groups in total. The van der Waals surface area contributed by atoms with Gasteiger partial charge in [-0.05, 0) is 55.9 Å². The minimum Gasteiger partial charge on any atom is -0.391 e. The van der Waals surface area contributed by atoms with E-state index in [0.29, 0.717) is 11.5 Å². The molecule has 0 aromatic carbocycles. The first-order chi connectivity index (χ1) is 9.05. The Balaban J connectivity index is 1.65. The lowest BCUT2D eigenvalue weighted by Gasteiger charge is -2.49. The Bertz CT molecular complexity index is 314. The summed E-state index contributed by atoms with van der Waals surface area (Å²) in [5.74, 6) is 1.93. The van der Waals surface area contributed by atoms with Crippen molar-refractivity contribution in [3.63, 3.8) is 0 Å². The third-order valence-electron chi connectivity index (χ3n) is 6.11. The van der Waals surface area contributed by atoms with Crippen LogP contribution in [0.3, 0.4) is 0 Å². The SMILES string of the molecule is CC1(C)CCC(O)C(N2CCC3CCCCC3C2)C1. The number of nitrogens with zero attached hydrogens (tertiary/aromatic N) is 1. The van der Waals surface area contributed by atoms with E-state index in [2.05, 4.69) is 18.7 Å². The Kier molecular flexibility index (Phi) is 3.92. The van der Waals surface area contributed by atoms with Crippen LogP contribution < -0.4 is 0 Å². The van der Waals surface area contributed by atoms with Crippen LogP contribution >= 0.6 is 0 Å². The molecule has 19 heavy (non-hydrogen) atoms. The molecular formula is C17H31NO. The first-order valence-electron chi connectivity index (χ1n) is 8.47. The van der Waals surface area contributed by atoms with Gasteiger partial charge in [0.25, 0.3) is 0 Å². The minimum atomic E-state index is -0.0758. The summed E-state index contributed by atoms with van der Waals surface area (Å²) >= 11 is 0. The zero-order chi connectivity index (χ0) is 13.5. The standard InChI is InChI=1S/C17H31NO/c1-17(2)9-7-16(19)15(11-17)18-10-8-13-5-3-4-6-14(13)12-18/h13-16,19H,3-12H2,1-2H3. The highest BCUT2D eigenvalue weighted by Crippen LogP contribution is 2.41. The van der Waals surface area contributed by atoms with E-state index in [1.54, 1.807) is 0 Å². The third kappa shape index (κ3) is 3.00. The monoisotopic (exact) mass is 265 g/mol. The van der Waals surface area contributed by atoms with Crippen molar-refractivity contribution in [3.8, 4) is 0 Å². The fourth-order valence-electron chi connectivity index (χ4n) is 4.84. The van der Waals surface area contributed by atoms with Crippen molar-refractivity contribution >= 4 is 0 Å². The predicted molar refractivity (Wildman–Crippen MR) is 79.1 cm³/mol. The second-order valence-electron chi connectivity index (χ2n) is 8.13. The Morgan fingerprint density at radius 2 is 1.74 bits per heavy atom. The Morgan fingerprint density at radius 3 is 2.53 bits per heavy atom. The first kappa shape index (κ1) is 13.9. The van der Waals surface area contributed by atoms with Crippen LogP contribution in [0.15, 0.2) is 0 Å². The molecule has 2 nitrogen and oxygen atoms in total. The van der Waals surface area contributed by atoms with Crippen molar-refractivity contribution in [1.82, 2.24) is 4.90 Å². The number of likely N-dealkylation sites (tertiary alicyclic amines) is 1. The highest BCUT2D eigenvalue weighted by atomic mass is 16.3. The normalized spacial score (nSPS) is 43.7. The second-order valence-corrected chi connectivity index (χ2v) is 8.13. The van der Waals surface area contributed by atoms with Crippen molar-refractivity contribution < 1.29 is 5.11 Å². The van der Waals surface area contributed by atoms with E-state index in [1.165, 1.54) is 58.0 Å². The summed E-state index contributed by atoms with van der Waals surface area (Å²) in [6.45, 7) is 7.25. The molecule has 0 aromatic heterocycles. The smallest absolute Gasteiger partial charge is 0.0695 e. The van der Waals surface area contributed by atoms with Gasteiger partial charge >= 0.3 is 0 Å². The van der Waals surface area contributed by atoms with E-state index >= 15 is 0 Å². The van der Waals surface area contributed by atoms with Gasteiger partial charge in [-0.25, -0.2) is 0 Å². The summed E-state index contributed by atoms with van der Waals surface area (Å²) in [6.07, 6.45) is 10.5. The maximum Gasteiger partial charge on any atom is 0.0695 e. The molecule has 4 unspecified atom stereocenters. The molecular weight excluding hydrogens is 234 g/mol. The average molecular weight is 265 g/mol. The van der Waals surface area contributed by atoms with Gasteiger partial charge in [-0.3, -0.25) is 4.90 Å². The van der Waals surface area contributed by atoms with Crippen LogP contribution in [-0.4, -0.2) is 35.2 Å². The van der Waals surface area contributed by atoms with Crippen molar-refractivity contribution in [2.45, 2.75) is 77.4 Å². The molecule has 3 rings (SSSR count).